The Morgan fingerprint density at radius 2 is 2.00 bits per heavy atom. The summed E-state index contributed by atoms with van der Waals surface area (Å²) in [6.45, 7) is 4.38. The lowest BCUT2D eigenvalue weighted by Crippen LogP contribution is -2.31. The Hall–Kier alpha value is -3.00. The van der Waals surface area contributed by atoms with Crippen molar-refractivity contribution in [3.63, 3.8) is 0 Å². The standard InChI is InChI=1S/C25H31FN6O/c1-17-10-18(11-19-14-31(2)9-6-21(17)19)22-13-28-23(27)24(30-22)33-20-12-29-32(15-20)16-25(26)7-4-3-5-8-25/h10-13,15H,3-9,14,16H2,1-2H3,(H2,27,28). The minimum Gasteiger partial charge on any atom is -0.433 e. The third kappa shape index (κ3) is 4.71. The quantitative estimate of drug-likeness (QED) is 0.608. The average molecular weight is 451 g/mol. The van der Waals surface area contributed by atoms with Gasteiger partial charge in [0.05, 0.1) is 30.8 Å². The molecule has 2 aliphatic rings. The smallest absolute Gasteiger partial charge is 0.263 e. The minimum atomic E-state index is -1.20. The molecule has 2 N–H and O–H groups in total. The second kappa shape index (κ2) is 8.74. The van der Waals surface area contributed by atoms with Crippen molar-refractivity contribution >= 4 is 5.82 Å². The van der Waals surface area contributed by atoms with E-state index < -0.39 is 5.67 Å². The first-order valence-corrected chi connectivity index (χ1v) is 11.7. The van der Waals surface area contributed by atoms with Crippen molar-refractivity contribution in [2.45, 2.75) is 64.2 Å². The Bertz CT molecular complexity index is 1150. The summed E-state index contributed by atoms with van der Waals surface area (Å²) in [5.41, 5.74) is 10.6. The van der Waals surface area contributed by atoms with Crippen LogP contribution >= 0.6 is 0 Å². The SMILES string of the molecule is Cc1cc(-c2cnc(N)c(Oc3cnn(CC4(F)CCCCC4)c3)n2)cc2c1CCN(C)C2. The molecule has 5 rings (SSSR count). The summed E-state index contributed by atoms with van der Waals surface area (Å²) in [6.07, 6.45) is 10.1. The van der Waals surface area contributed by atoms with Crippen molar-refractivity contribution < 1.29 is 9.13 Å². The average Bonchev–Trinajstić information content (AvgIpc) is 3.21. The largest absolute Gasteiger partial charge is 0.433 e. The van der Waals surface area contributed by atoms with Gasteiger partial charge in [-0.1, -0.05) is 19.3 Å². The lowest BCUT2D eigenvalue weighted by molar-refractivity contribution is 0.0814. The van der Waals surface area contributed by atoms with E-state index in [9.17, 15) is 0 Å². The molecule has 0 saturated heterocycles. The monoisotopic (exact) mass is 450 g/mol. The van der Waals surface area contributed by atoms with Crippen molar-refractivity contribution in [3.8, 4) is 22.9 Å². The lowest BCUT2D eigenvalue weighted by Gasteiger charge is -2.29. The van der Waals surface area contributed by atoms with Crippen LogP contribution < -0.4 is 10.5 Å². The predicted octanol–water partition coefficient (Wildman–Crippen LogP) is 4.68. The Labute approximate surface area is 193 Å². The summed E-state index contributed by atoms with van der Waals surface area (Å²) >= 11 is 0. The van der Waals surface area contributed by atoms with Crippen LogP contribution in [0.15, 0.2) is 30.7 Å². The van der Waals surface area contributed by atoms with Crippen LogP contribution in [0.25, 0.3) is 11.3 Å². The first kappa shape index (κ1) is 21.8. The third-order valence-electron chi connectivity index (χ3n) is 6.83. The van der Waals surface area contributed by atoms with Crippen molar-refractivity contribution in [1.29, 1.82) is 0 Å². The predicted molar refractivity (Wildman–Crippen MR) is 126 cm³/mol. The van der Waals surface area contributed by atoms with Gasteiger partial charge < -0.3 is 15.4 Å². The van der Waals surface area contributed by atoms with E-state index in [1.807, 2.05) is 0 Å². The normalized spacial score (nSPS) is 18.2. The molecule has 1 saturated carbocycles. The van der Waals surface area contributed by atoms with Crippen LogP contribution in [0.5, 0.6) is 11.6 Å². The molecule has 3 heterocycles. The molecule has 33 heavy (non-hydrogen) atoms. The molecule has 1 aromatic carbocycles. The van der Waals surface area contributed by atoms with E-state index in [1.165, 1.54) is 16.7 Å². The van der Waals surface area contributed by atoms with Gasteiger partial charge in [-0.25, -0.2) is 14.4 Å². The van der Waals surface area contributed by atoms with Crippen LogP contribution in [0.2, 0.25) is 0 Å². The number of alkyl halides is 1. The van der Waals surface area contributed by atoms with E-state index >= 15 is 4.39 Å². The Morgan fingerprint density at radius 3 is 2.82 bits per heavy atom. The zero-order valence-corrected chi connectivity index (χ0v) is 19.4. The number of hydrogen-bond acceptors (Lipinski definition) is 6. The van der Waals surface area contributed by atoms with E-state index in [-0.39, 0.29) is 18.2 Å². The first-order chi connectivity index (χ1) is 15.9. The summed E-state index contributed by atoms with van der Waals surface area (Å²) in [4.78, 5) is 11.3. The molecule has 174 valence electrons. The number of nitrogens with two attached hydrogens (primary N) is 1. The van der Waals surface area contributed by atoms with Crippen LogP contribution in [-0.4, -0.2) is 43.9 Å². The molecule has 0 atom stereocenters. The minimum absolute atomic E-state index is 0.204. The lowest BCUT2D eigenvalue weighted by atomic mass is 9.86. The van der Waals surface area contributed by atoms with Gasteiger partial charge in [0.2, 0.25) is 0 Å². The molecule has 0 unspecified atom stereocenters. The highest BCUT2D eigenvalue weighted by Gasteiger charge is 2.32. The fourth-order valence-corrected chi connectivity index (χ4v) is 5.03. The molecule has 1 aliphatic carbocycles. The molecule has 7 nitrogen and oxygen atoms in total. The third-order valence-corrected chi connectivity index (χ3v) is 6.83. The molecule has 2 aromatic heterocycles. The first-order valence-electron chi connectivity index (χ1n) is 11.7. The molecule has 1 aliphatic heterocycles. The summed E-state index contributed by atoms with van der Waals surface area (Å²) in [5, 5.41) is 4.29. The number of aryl methyl sites for hydroxylation is 1. The molecule has 3 aromatic rings. The Balaban J connectivity index is 1.36. The summed E-state index contributed by atoms with van der Waals surface area (Å²) in [5.74, 6) is 0.901. The highest BCUT2D eigenvalue weighted by atomic mass is 19.1. The number of hydrogen-bond donors (Lipinski definition) is 1. The second-order valence-corrected chi connectivity index (χ2v) is 9.55. The molecule has 0 bridgehead atoms. The van der Waals surface area contributed by atoms with Gasteiger partial charge in [0.25, 0.3) is 5.88 Å². The number of likely N-dealkylation sites (N-methyl/N-ethyl adjacent to an activating group) is 1. The number of nitrogens with zero attached hydrogens (tertiary/aromatic N) is 5. The Kier molecular flexibility index (Phi) is 5.78. The molecule has 0 radical (unpaired) electrons. The number of halogens is 1. The highest BCUT2D eigenvalue weighted by Crippen LogP contribution is 2.34. The van der Waals surface area contributed by atoms with Gasteiger partial charge >= 0.3 is 0 Å². The summed E-state index contributed by atoms with van der Waals surface area (Å²) in [6, 6.07) is 4.34. The number of benzene rings is 1. The van der Waals surface area contributed by atoms with Crippen LogP contribution in [0.3, 0.4) is 0 Å². The van der Waals surface area contributed by atoms with Gasteiger partial charge in [-0.05, 0) is 62.1 Å². The second-order valence-electron chi connectivity index (χ2n) is 9.55. The zero-order valence-electron chi connectivity index (χ0n) is 19.4. The number of rotatable bonds is 5. The van der Waals surface area contributed by atoms with Gasteiger partial charge in [-0.3, -0.25) is 4.68 Å². The molecular formula is C25H31FN6O. The molecule has 0 spiro atoms. The van der Waals surface area contributed by atoms with Crippen LogP contribution in [0.1, 0.15) is 48.8 Å². The summed E-state index contributed by atoms with van der Waals surface area (Å²) < 4.78 is 22.6. The molecule has 0 amide bonds. The van der Waals surface area contributed by atoms with Gasteiger partial charge in [0, 0.05) is 18.7 Å². The van der Waals surface area contributed by atoms with Crippen molar-refractivity contribution in [3.05, 3.63) is 47.4 Å². The van der Waals surface area contributed by atoms with Crippen molar-refractivity contribution in [1.82, 2.24) is 24.6 Å². The van der Waals surface area contributed by atoms with Gasteiger partial charge in [-0.15, -0.1) is 0 Å². The van der Waals surface area contributed by atoms with Crippen LogP contribution in [-0.2, 0) is 19.5 Å². The fourth-order valence-electron chi connectivity index (χ4n) is 5.03. The number of aromatic nitrogens is 4. The zero-order chi connectivity index (χ0) is 23.0. The maximum atomic E-state index is 15.0. The maximum absolute atomic E-state index is 15.0. The van der Waals surface area contributed by atoms with Gasteiger partial charge in [-0.2, -0.15) is 5.10 Å². The van der Waals surface area contributed by atoms with Crippen LogP contribution in [0, 0.1) is 6.92 Å². The highest BCUT2D eigenvalue weighted by molar-refractivity contribution is 5.64. The number of nitrogen functional groups attached to an aromatic ring is 1. The Morgan fingerprint density at radius 1 is 1.18 bits per heavy atom. The topological polar surface area (TPSA) is 82.1 Å². The number of anilines is 1. The molecule has 8 heteroatoms. The van der Waals surface area contributed by atoms with E-state index in [0.29, 0.717) is 24.3 Å². The van der Waals surface area contributed by atoms with E-state index in [0.717, 1.165) is 44.3 Å². The number of fused-ring (bicyclic) bond motifs is 1. The molecule has 1 fully saturated rings. The van der Waals surface area contributed by atoms with E-state index in [4.69, 9.17) is 10.5 Å². The van der Waals surface area contributed by atoms with Gasteiger partial charge in [0.1, 0.15) is 5.67 Å². The van der Waals surface area contributed by atoms with Crippen molar-refractivity contribution in [2.75, 3.05) is 19.3 Å². The maximum Gasteiger partial charge on any atom is 0.263 e. The van der Waals surface area contributed by atoms with E-state index in [1.54, 1.807) is 23.3 Å². The number of ether oxygens (including phenoxy) is 1. The van der Waals surface area contributed by atoms with Gasteiger partial charge in [0.15, 0.2) is 11.6 Å². The van der Waals surface area contributed by atoms with Crippen LogP contribution in [0.4, 0.5) is 10.2 Å². The summed E-state index contributed by atoms with van der Waals surface area (Å²) in [7, 11) is 2.14. The fraction of sp³-hybridized carbons (Fsp3) is 0.480. The van der Waals surface area contributed by atoms with E-state index in [2.05, 4.69) is 46.1 Å². The van der Waals surface area contributed by atoms with Crippen molar-refractivity contribution in [2.24, 2.45) is 0 Å². The molecular weight excluding hydrogens is 419 g/mol.